The molecule has 0 aromatic carbocycles. The topological polar surface area (TPSA) is 216 Å². The van der Waals surface area contributed by atoms with E-state index >= 15 is 0 Å². The number of nitrogens with one attached hydrogen (secondary N) is 1. The van der Waals surface area contributed by atoms with E-state index in [0.29, 0.717) is 0 Å². The summed E-state index contributed by atoms with van der Waals surface area (Å²) in [7, 11) is 0. The van der Waals surface area contributed by atoms with E-state index in [4.69, 9.17) is 4.74 Å². The third-order valence-electron chi connectivity index (χ3n) is 5.17. The maximum atomic E-state index is 10.4. The van der Waals surface area contributed by atoms with Gasteiger partial charge in [0.1, 0.15) is 42.1 Å². The molecule has 148 valence electrons. The lowest BCUT2D eigenvalue weighted by Gasteiger charge is -2.32. The summed E-state index contributed by atoms with van der Waals surface area (Å²) in [6, 6.07) is -3.18. The summed E-state index contributed by atoms with van der Waals surface area (Å²) < 4.78 is 5.10. The number of aliphatic imine (C=N–C) groups is 1. The van der Waals surface area contributed by atoms with Crippen LogP contribution in [0, 0.1) is 0 Å². The van der Waals surface area contributed by atoms with Gasteiger partial charge in [-0.2, -0.15) is 0 Å². The van der Waals surface area contributed by atoms with E-state index in [-0.39, 0.29) is 5.57 Å². The minimum absolute atomic E-state index is 0.0105. The zero-order valence-corrected chi connectivity index (χ0v) is 13.4. The fourth-order valence-electron chi connectivity index (χ4n) is 3.52. The lowest BCUT2D eigenvalue weighted by Crippen LogP contribution is -2.58. The quantitative estimate of drug-likeness (QED) is 0.208. The van der Waals surface area contributed by atoms with E-state index in [1.54, 1.807) is 0 Å². The average Bonchev–Trinajstić information content (AvgIpc) is 3.03. The number of fused-ring (bicyclic) bond motifs is 1. The molecule has 2 aliphatic carbocycles. The number of hydrogen-bond acceptors (Lipinski definition) is 11. The number of hydrogen-bond donors (Lipinski definition) is 10. The predicted octanol–water partition coefficient (Wildman–Crippen LogP) is -6.14. The maximum Gasteiger partial charge on any atom is 0.288 e. The molecule has 9 atom stereocenters. The summed E-state index contributed by atoms with van der Waals surface area (Å²) in [6.45, 7) is -1.60. The molecule has 1 aliphatic heterocycles. The molecular formula is C14H22N2O10. The Morgan fingerprint density at radius 2 is 1.69 bits per heavy atom. The number of ether oxygens (including phenoxy) is 1. The van der Waals surface area contributed by atoms with Gasteiger partial charge in [0.25, 0.3) is 11.8 Å². The van der Waals surface area contributed by atoms with Crippen LogP contribution in [0.1, 0.15) is 0 Å². The standard InChI is InChI=1S/C14H22N2O10/c17-2-4-1-5(7(20)8(21)6(4)19)15-12-16-11-13(24,3-18)9(22)10(23)14(11,25)26-12/h1,5-11,17-25H,2-3H2,(H,15,16)/t5-,6+,7-,8?,9-,10?,11?,13?,14?/m0/s1. The fourth-order valence-corrected chi connectivity index (χ4v) is 3.52. The van der Waals surface area contributed by atoms with Gasteiger partial charge in [-0.05, 0) is 5.57 Å². The molecule has 12 heteroatoms. The van der Waals surface area contributed by atoms with Crippen molar-refractivity contribution in [3.63, 3.8) is 0 Å². The Hall–Kier alpha value is -1.35. The summed E-state index contributed by atoms with van der Waals surface area (Å²) in [5.74, 6) is -2.50. The van der Waals surface area contributed by atoms with Gasteiger partial charge in [-0.1, -0.05) is 6.08 Å². The second kappa shape index (κ2) is 6.37. The van der Waals surface area contributed by atoms with Gasteiger partial charge in [-0.15, -0.1) is 0 Å². The third-order valence-corrected chi connectivity index (χ3v) is 5.17. The van der Waals surface area contributed by atoms with Crippen molar-refractivity contribution in [2.75, 3.05) is 13.2 Å². The van der Waals surface area contributed by atoms with Gasteiger partial charge in [0.2, 0.25) is 0 Å². The maximum absolute atomic E-state index is 10.4. The van der Waals surface area contributed by atoms with Crippen molar-refractivity contribution in [3.05, 3.63) is 11.6 Å². The van der Waals surface area contributed by atoms with E-state index in [9.17, 15) is 46.0 Å². The van der Waals surface area contributed by atoms with Crippen molar-refractivity contribution in [1.82, 2.24) is 5.32 Å². The van der Waals surface area contributed by atoms with Crippen LogP contribution in [0.15, 0.2) is 16.6 Å². The Morgan fingerprint density at radius 3 is 2.27 bits per heavy atom. The second-order valence-electron chi connectivity index (χ2n) is 6.72. The number of aliphatic hydroxyl groups is 9. The SMILES string of the molecule is OCC1=C[C@H](N=C2NC3C(O)(O2)C(O)[C@H](O)C3(O)CO)[C@H](O)C(O)[C@@H]1O. The first-order chi connectivity index (χ1) is 12.1. The zero-order valence-electron chi connectivity index (χ0n) is 13.4. The van der Waals surface area contributed by atoms with Crippen molar-refractivity contribution in [2.24, 2.45) is 4.99 Å². The van der Waals surface area contributed by atoms with E-state index in [0.717, 1.165) is 0 Å². The molecule has 5 unspecified atom stereocenters. The van der Waals surface area contributed by atoms with Gasteiger partial charge in [-0.25, -0.2) is 4.99 Å². The lowest BCUT2D eigenvalue weighted by molar-refractivity contribution is -0.203. The van der Waals surface area contributed by atoms with E-state index in [1.807, 2.05) is 0 Å². The Kier molecular flexibility index (Phi) is 4.75. The van der Waals surface area contributed by atoms with Gasteiger partial charge in [-0.3, -0.25) is 0 Å². The zero-order chi connectivity index (χ0) is 19.4. The van der Waals surface area contributed by atoms with Crippen molar-refractivity contribution in [3.8, 4) is 0 Å². The molecule has 0 aromatic rings. The van der Waals surface area contributed by atoms with Gasteiger partial charge in [0.15, 0.2) is 6.10 Å². The Morgan fingerprint density at radius 1 is 1.04 bits per heavy atom. The Balaban J connectivity index is 1.90. The number of amidine groups is 1. The van der Waals surface area contributed by atoms with Crippen LogP contribution in [0.4, 0.5) is 0 Å². The van der Waals surface area contributed by atoms with Crippen molar-refractivity contribution < 1.29 is 50.7 Å². The smallest absolute Gasteiger partial charge is 0.288 e. The normalized spacial score (nSPS) is 52.4. The largest absolute Gasteiger partial charge is 0.427 e. The third kappa shape index (κ3) is 2.54. The molecular weight excluding hydrogens is 356 g/mol. The Bertz CT molecular complexity index is 629. The number of aliphatic hydroxyl groups excluding tert-OH is 7. The lowest BCUT2D eigenvalue weighted by atomic mass is 9.88. The van der Waals surface area contributed by atoms with Crippen molar-refractivity contribution in [1.29, 1.82) is 0 Å². The van der Waals surface area contributed by atoms with Crippen LogP contribution in [0.3, 0.4) is 0 Å². The van der Waals surface area contributed by atoms with Crippen LogP contribution in [-0.2, 0) is 4.74 Å². The van der Waals surface area contributed by atoms with Crippen molar-refractivity contribution in [2.45, 2.75) is 54.0 Å². The molecule has 3 aliphatic rings. The van der Waals surface area contributed by atoms with Crippen molar-refractivity contribution >= 4 is 6.02 Å². The molecule has 0 aromatic heterocycles. The average molecular weight is 378 g/mol. The number of rotatable bonds is 3. The minimum Gasteiger partial charge on any atom is -0.427 e. The summed E-state index contributed by atoms with van der Waals surface area (Å²) >= 11 is 0. The first kappa shape index (κ1) is 19.4. The molecule has 1 heterocycles. The molecule has 0 bridgehead atoms. The first-order valence-electron chi connectivity index (χ1n) is 7.91. The first-order valence-corrected chi connectivity index (χ1v) is 7.91. The predicted molar refractivity (Wildman–Crippen MR) is 81.4 cm³/mol. The van der Waals surface area contributed by atoms with Crippen LogP contribution in [0.2, 0.25) is 0 Å². The van der Waals surface area contributed by atoms with E-state index < -0.39 is 73.2 Å². The van der Waals surface area contributed by atoms with Gasteiger partial charge >= 0.3 is 0 Å². The summed E-state index contributed by atoms with van der Waals surface area (Å²) in [4.78, 5) is 3.92. The molecule has 0 spiro atoms. The summed E-state index contributed by atoms with van der Waals surface area (Å²) in [5, 5.41) is 91.1. The van der Waals surface area contributed by atoms with E-state index in [1.165, 1.54) is 6.08 Å². The molecule has 1 saturated carbocycles. The highest BCUT2D eigenvalue weighted by atomic mass is 16.7. The molecule has 10 N–H and O–H groups in total. The number of nitrogens with zero attached hydrogens (tertiary/aromatic N) is 1. The fraction of sp³-hybridized carbons (Fsp3) is 0.786. The van der Waals surface area contributed by atoms with Crippen LogP contribution in [0.5, 0.6) is 0 Å². The van der Waals surface area contributed by atoms with Crippen LogP contribution >= 0.6 is 0 Å². The highest BCUT2D eigenvalue weighted by Crippen LogP contribution is 2.42. The van der Waals surface area contributed by atoms with Crippen LogP contribution in [-0.4, -0.2) is 119 Å². The molecule has 0 amide bonds. The molecule has 1 saturated heterocycles. The van der Waals surface area contributed by atoms with Crippen LogP contribution in [0.25, 0.3) is 0 Å². The second-order valence-corrected chi connectivity index (χ2v) is 6.72. The Labute approximate surface area is 146 Å². The minimum atomic E-state index is -2.50. The monoisotopic (exact) mass is 378 g/mol. The molecule has 3 rings (SSSR count). The highest BCUT2D eigenvalue weighted by molar-refractivity contribution is 5.78. The van der Waals surface area contributed by atoms with Gasteiger partial charge in [0, 0.05) is 0 Å². The molecule has 26 heavy (non-hydrogen) atoms. The highest BCUT2D eigenvalue weighted by Gasteiger charge is 2.72. The van der Waals surface area contributed by atoms with Gasteiger partial charge < -0.3 is 56.0 Å². The van der Waals surface area contributed by atoms with Gasteiger partial charge in [0.05, 0.1) is 13.2 Å². The van der Waals surface area contributed by atoms with E-state index in [2.05, 4.69) is 10.3 Å². The molecule has 12 nitrogen and oxygen atoms in total. The van der Waals surface area contributed by atoms with Crippen LogP contribution < -0.4 is 5.32 Å². The summed E-state index contributed by atoms with van der Waals surface area (Å²) in [5.41, 5.74) is -2.32. The summed E-state index contributed by atoms with van der Waals surface area (Å²) in [6.07, 6.45) is -7.37. The molecule has 0 radical (unpaired) electrons. The molecule has 2 fully saturated rings.